The van der Waals surface area contributed by atoms with Crippen molar-refractivity contribution in [3.05, 3.63) is 336 Å². The molecule has 17 rings (SSSR count). The predicted octanol–water partition coefficient (Wildman–Crippen LogP) is 24.3. The van der Waals surface area contributed by atoms with Crippen LogP contribution in [-0.4, -0.2) is 0 Å². The largest absolute Gasteiger partial charge is 0.310 e. The molecule has 0 atom stereocenters. The summed E-state index contributed by atoms with van der Waals surface area (Å²) in [6.07, 6.45) is 19.0. The van der Waals surface area contributed by atoms with Gasteiger partial charge in [-0.15, -0.1) is 0 Å². The summed E-state index contributed by atoms with van der Waals surface area (Å²) in [7, 11) is 0. The third-order valence-corrected chi connectivity index (χ3v) is 20.5. The minimum Gasteiger partial charge on any atom is -0.310 e. The van der Waals surface area contributed by atoms with E-state index < -0.39 is 0 Å². The third kappa shape index (κ3) is 9.07. The van der Waals surface area contributed by atoms with Crippen molar-refractivity contribution in [2.75, 3.05) is 9.80 Å². The molecule has 2 nitrogen and oxygen atoms in total. The molecule has 0 radical (unpaired) electrons. The number of fused-ring (bicyclic) bond motifs is 13. The summed E-state index contributed by atoms with van der Waals surface area (Å²) in [6, 6.07) is 109. The van der Waals surface area contributed by atoms with Crippen LogP contribution in [0.4, 0.5) is 34.1 Å². The Morgan fingerprint density at radius 1 is 0.233 bits per heavy atom. The molecule has 0 aliphatic heterocycles. The van der Waals surface area contributed by atoms with Crippen LogP contribution in [0.3, 0.4) is 0 Å². The third-order valence-electron chi connectivity index (χ3n) is 20.5. The highest BCUT2D eigenvalue weighted by Gasteiger charge is 2.47. The van der Waals surface area contributed by atoms with Gasteiger partial charge in [0.05, 0.1) is 0 Å². The second-order valence-corrected chi connectivity index (χ2v) is 25.4. The van der Waals surface area contributed by atoms with Gasteiger partial charge in [-0.05, 0) is 221 Å². The van der Waals surface area contributed by atoms with Gasteiger partial charge >= 0.3 is 0 Å². The normalized spacial score (nSPS) is 14.8. The van der Waals surface area contributed by atoms with E-state index >= 15 is 0 Å². The first-order valence-electron chi connectivity index (χ1n) is 32.5. The van der Waals surface area contributed by atoms with Crippen LogP contribution in [0.2, 0.25) is 0 Å². The van der Waals surface area contributed by atoms with Gasteiger partial charge in [-0.2, -0.15) is 0 Å². The van der Waals surface area contributed by atoms with Crippen LogP contribution in [0.25, 0.3) is 90.4 Å². The quantitative estimate of drug-likeness (QED) is 0.0889. The van der Waals surface area contributed by atoms with E-state index in [1.807, 2.05) is 0 Å². The van der Waals surface area contributed by atoms with E-state index in [0.717, 1.165) is 25.7 Å². The van der Waals surface area contributed by atoms with E-state index in [0.29, 0.717) is 0 Å². The van der Waals surface area contributed by atoms with Gasteiger partial charge in [0.25, 0.3) is 0 Å². The molecule has 4 aliphatic rings. The SMILES string of the molecule is C(=C\c1ccc2c(-c3ccccc3)c(-c3ccccc3)c3ccc(/C=C/c4ccc5c(c4)C4(CCCC4)c4cc(N(c6ccccc6)c6ccccc6)ccc4-5)cc3c2c1)/c1ccc2c(c1)C1(CCCC1)c1cc(N(c3ccccc3)c3ccccc3)ccc1-2. The molecule has 2 fully saturated rings. The van der Waals surface area contributed by atoms with Crippen LogP contribution in [0, 0.1) is 0 Å². The van der Waals surface area contributed by atoms with E-state index in [1.54, 1.807) is 0 Å². The average molecular weight is 1150 g/mol. The number of benzene rings is 13. The van der Waals surface area contributed by atoms with Gasteiger partial charge in [0.1, 0.15) is 0 Å². The number of hydrogen-bond acceptors (Lipinski definition) is 2. The first-order valence-corrected chi connectivity index (χ1v) is 32.5. The summed E-state index contributed by atoms with van der Waals surface area (Å²) in [5, 5.41) is 5.00. The van der Waals surface area contributed by atoms with Crippen molar-refractivity contribution < 1.29 is 0 Å². The molecule has 90 heavy (non-hydrogen) atoms. The zero-order chi connectivity index (χ0) is 59.6. The molecule has 4 aliphatic carbocycles. The molecule has 0 unspecified atom stereocenters. The van der Waals surface area contributed by atoms with E-state index in [1.165, 1.54) is 170 Å². The maximum absolute atomic E-state index is 2.52. The molecule has 0 bridgehead atoms. The van der Waals surface area contributed by atoms with E-state index in [-0.39, 0.29) is 10.8 Å². The maximum atomic E-state index is 2.52. The van der Waals surface area contributed by atoms with Crippen LogP contribution in [0.5, 0.6) is 0 Å². The molecule has 0 heterocycles. The molecular formula is C88H68N2. The fourth-order valence-electron chi connectivity index (χ4n) is 16.4. The molecule has 0 N–H and O–H groups in total. The van der Waals surface area contributed by atoms with Gasteiger partial charge < -0.3 is 9.80 Å². The minimum atomic E-state index is -0.00824. The van der Waals surface area contributed by atoms with Crippen LogP contribution >= 0.6 is 0 Å². The number of para-hydroxylation sites is 4. The highest BCUT2D eigenvalue weighted by Crippen LogP contribution is 2.60. The Labute approximate surface area is 529 Å². The predicted molar refractivity (Wildman–Crippen MR) is 382 cm³/mol. The average Bonchev–Trinajstić information content (AvgIpc) is 1.49. The van der Waals surface area contributed by atoms with Gasteiger partial charge in [-0.1, -0.05) is 256 Å². The van der Waals surface area contributed by atoms with Gasteiger partial charge in [-0.25, -0.2) is 0 Å². The van der Waals surface area contributed by atoms with Crippen LogP contribution in [0.15, 0.2) is 291 Å². The zero-order valence-corrected chi connectivity index (χ0v) is 50.6. The molecule has 2 heteroatoms. The maximum Gasteiger partial charge on any atom is 0.0465 e. The lowest BCUT2D eigenvalue weighted by Crippen LogP contribution is -2.21. The molecule has 13 aromatic carbocycles. The smallest absolute Gasteiger partial charge is 0.0465 e. The Bertz CT molecular complexity index is 4530. The first kappa shape index (κ1) is 53.7. The summed E-state index contributed by atoms with van der Waals surface area (Å²) < 4.78 is 0. The van der Waals surface area contributed by atoms with Gasteiger partial charge in [0, 0.05) is 45.0 Å². The Morgan fingerprint density at radius 2 is 0.511 bits per heavy atom. The lowest BCUT2D eigenvalue weighted by molar-refractivity contribution is 0.550. The Balaban J connectivity index is 0.738. The van der Waals surface area contributed by atoms with Crippen molar-refractivity contribution in [2.45, 2.75) is 62.2 Å². The molecule has 430 valence electrons. The fourth-order valence-corrected chi connectivity index (χ4v) is 16.4. The number of hydrogen-bond donors (Lipinski definition) is 0. The zero-order valence-electron chi connectivity index (χ0n) is 50.6. The van der Waals surface area contributed by atoms with E-state index in [9.17, 15) is 0 Å². The minimum absolute atomic E-state index is 0.00824. The Morgan fingerprint density at radius 3 is 0.844 bits per heavy atom. The topological polar surface area (TPSA) is 6.48 Å². The first-order chi connectivity index (χ1) is 44.6. The summed E-state index contributed by atoms with van der Waals surface area (Å²) in [5.41, 5.74) is 28.3. The van der Waals surface area contributed by atoms with E-state index in [2.05, 4.69) is 325 Å². The number of anilines is 6. The van der Waals surface area contributed by atoms with Crippen LogP contribution < -0.4 is 9.80 Å². The van der Waals surface area contributed by atoms with Gasteiger partial charge in [0.15, 0.2) is 0 Å². The van der Waals surface area contributed by atoms with Crippen molar-refractivity contribution >= 4 is 80.0 Å². The molecule has 0 saturated heterocycles. The van der Waals surface area contributed by atoms with Crippen molar-refractivity contribution in [1.29, 1.82) is 0 Å². The summed E-state index contributed by atoms with van der Waals surface area (Å²) in [5.74, 6) is 0. The number of nitrogens with zero attached hydrogens (tertiary/aromatic N) is 2. The highest BCUT2D eigenvalue weighted by molar-refractivity contribution is 6.22. The highest BCUT2D eigenvalue weighted by atomic mass is 15.1. The van der Waals surface area contributed by atoms with Crippen molar-refractivity contribution in [3.63, 3.8) is 0 Å². The summed E-state index contributed by atoms with van der Waals surface area (Å²) >= 11 is 0. The van der Waals surface area contributed by atoms with Gasteiger partial charge in [0.2, 0.25) is 0 Å². The molecule has 13 aromatic rings. The number of rotatable bonds is 12. The Kier molecular flexibility index (Phi) is 13.3. The van der Waals surface area contributed by atoms with Crippen LogP contribution in [0.1, 0.15) is 95.9 Å². The Hall–Kier alpha value is -10.5. The fraction of sp³-hybridized carbons (Fsp3) is 0.114. The molecule has 2 saturated carbocycles. The second kappa shape index (κ2) is 22.2. The molecule has 0 amide bonds. The van der Waals surface area contributed by atoms with Gasteiger partial charge in [-0.3, -0.25) is 0 Å². The van der Waals surface area contributed by atoms with Crippen LogP contribution in [-0.2, 0) is 10.8 Å². The molecular weight excluding hydrogens is 1080 g/mol. The van der Waals surface area contributed by atoms with E-state index in [4.69, 9.17) is 0 Å². The van der Waals surface area contributed by atoms with Crippen molar-refractivity contribution in [2.24, 2.45) is 0 Å². The second-order valence-electron chi connectivity index (χ2n) is 25.4. The summed E-state index contributed by atoms with van der Waals surface area (Å²) in [6.45, 7) is 0. The van der Waals surface area contributed by atoms with Crippen molar-refractivity contribution in [1.82, 2.24) is 0 Å². The monoisotopic (exact) mass is 1150 g/mol. The van der Waals surface area contributed by atoms with Crippen molar-refractivity contribution in [3.8, 4) is 44.5 Å². The lowest BCUT2D eigenvalue weighted by Gasteiger charge is -2.30. The standard InChI is InChI=1S/C88H68N2/c1-7-23-65(24-8-1)85-77-47-41-61(35-37-63-39-45-73-75-49-43-71(59-83(75)87(81(73)57-63)51-19-20-52-87)89(67-27-11-3-12-28-67)68-29-13-4-14-30-68)55-79(77)80-56-62(42-48-78(80)86(85)66-25-9-2-10-26-66)36-38-64-40-46-74-76-50-44-72(60-84(76)88(82(74)58-64)53-21-22-54-88)90(69-31-15-5-16-32-69)70-33-17-6-18-34-70/h1-18,23-50,55-60H,19-22,51-54H2/b37-35+,38-36+. The molecule has 0 aromatic heterocycles. The molecule has 2 spiro atoms. The lowest BCUT2D eigenvalue weighted by atomic mass is 9.76. The summed E-state index contributed by atoms with van der Waals surface area (Å²) in [4.78, 5) is 4.82.